The van der Waals surface area contributed by atoms with Crippen molar-refractivity contribution in [3.63, 3.8) is 0 Å². The van der Waals surface area contributed by atoms with Crippen molar-refractivity contribution in [2.45, 2.75) is 69.2 Å². The molecule has 3 aromatic rings. The third-order valence-electron chi connectivity index (χ3n) is 7.84. The Balaban J connectivity index is 1.49. The van der Waals surface area contributed by atoms with Gasteiger partial charge in [-0.25, -0.2) is 14.4 Å². The van der Waals surface area contributed by atoms with Crippen LogP contribution in [0, 0.1) is 0 Å². The van der Waals surface area contributed by atoms with Gasteiger partial charge in [0.25, 0.3) is 0 Å². The number of ether oxygens (including phenoxy) is 8. The summed E-state index contributed by atoms with van der Waals surface area (Å²) in [5.41, 5.74) is 0.473. The van der Waals surface area contributed by atoms with E-state index in [9.17, 15) is 34.2 Å². The summed E-state index contributed by atoms with van der Waals surface area (Å²) < 4.78 is 45.2. The molecule has 5 rings (SSSR count). The fourth-order valence-electron chi connectivity index (χ4n) is 5.44. The summed E-state index contributed by atoms with van der Waals surface area (Å²) in [4.78, 5) is 63.5. The lowest BCUT2D eigenvalue weighted by Crippen LogP contribution is -2.62. The molecule has 3 aromatic carbocycles. The molecule has 0 radical (unpaired) electrons. The van der Waals surface area contributed by atoms with Gasteiger partial charge in [-0.1, -0.05) is 54.6 Å². The second-order valence-corrected chi connectivity index (χ2v) is 11.5. The summed E-state index contributed by atoms with van der Waals surface area (Å²) in [5, 5.41) is 21.6. The smallest absolute Gasteiger partial charge is 0.338 e. The molecule has 2 fully saturated rings. The van der Waals surface area contributed by atoms with Gasteiger partial charge in [0.2, 0.25) is 0 Å². The second kappa shape index (κ2) is 17.2. The average Bonchev–Trinajstić information content (AvgIpc) is 3.44. The van der Waals surface area contributed by atoms with Crippen LogP contribution in [0.3, 0.4) is 0 Å². The second-order valence-electron chi connectivity index (χ2n) is 11.5. The van der Waals surface area contributed by atoms with Gasteiger partial charge in [0.1, 0.15) is 37.6 Å². The molecule has 0 amide bonds. The highest BCUT2D eigenvalue weighted by molar-refractivity contribution is 5.91. The van der Waals surface area contributed by atoms with E-state index in [0.29, 0.717) is 0 Å². The molecule has 9 atom stereocenters. The summed E-state index contributed by atoms with van der Waals surface area (Å²) in [7, 11) is 0. The molecule has 15 nitrogen and oxygen atoms in total. The van der Waals surface area contributed by atoms with E-state index in [2.05, 4.69) is 0 Å². The molecule has 2 aliphatic rings. The zero-order chi connectivity index (χ0) is 36.5. The first kappa shape index (κ1) is 37.1. The van der Waals surface area contributed by atoms with E-state index in [4.69, 9.17) is 37.9 Å². The summed E-state index contributed by atoms with van der Waals surface area (Å²) in [6, 6.07) is 23.8. The van der Waals surface area contributed by atoms with Crippen LogP contribution in [0.4, 0.5) is 0 Å². The molecule has 51 heavy (non-hydrogen) atoms. The Bertz CT molecular complexity index is 1650. The fraction of sp³-hybridized carbons (Fsp3) is 0.361. The van der Waals surface area contributed by atoms with Gasteiger partial charge in [0.05, 0.1) is 16.7 Å². The van der Waals surface area contributed by atoms with Crippen LogP contribution in [-0.2, 0) is 47.5 Å². The van der Waals surface area contributed by atoms with E-state index in [0.717, 1.165) is 13.8 Å². The van der Waals surface area contributed by atoms with Gasteiger partial charge < -0.3 is 48.1 Å². The van der Waals surface area contributed by atoms with Crippen molar-refractivity contribution in [2.24, 2.45) is 0 Å². The van der Waals surface area contributed by atoms with Crippen molar-refractivity contribution in [1.82, 2.24) is 0 Å². The summed E-state index contributed by atoms with van der Waals surface area (Å²) in [6.07, 6.45) is -14.4. The molecule has 0 aliphatic carbocycles. The van der Waals surface area contributed by atoms with Crippen molar-refractivity contribution < 1.29 is 72.1 Å². The van der Waals surface area contributed by atoms with E-state index < -0.39 is 98.4 Å². The van der Waals surface area contributed by atoms with Gasteiger partial charge in [0.15, 0.2) is 30.9 Å². The number of aliphatic hydroxyl groups excluding tert-OH is 2. The average molecular weight is 709 g/mol. The fourth-order valence-corrected chi connectivity index (χ4v) is 5.44. The first-order valence-corrected chi connectivity index (χ1v) is 15.9. The number of hydrogen-bond acceptors (Lipinski definition) is 15. The third-order valence-corrected chi connectivity index (χ3v) is 7.84. The maximum atomic E-state index is 13.4. The predicted molar refractivity (Wildman–Crippen MR) is 171 cm³/mol. The molecule has 2 heterocycles. The Morgan fingerprint density at radius 3 is 1.51 bits per heavy atom. The Morgan fingerprint density at radius 2 is 1.00 bits per heavy atom. The minimum Gasteiger partial charge on any atom is -0.463 e. The van der Waals surface area contributed by atoms with Crippen LogP contribution in [-0.4, -0.2) is 109 Å². The lowest BCUT2D eigenvalue weighted by Gasteiger charge is -2.42. The van der Waals surface area contributed by atoms with Crippen LogP contribution in [0.2, 0.25) is 0 Å². The molecule has 270 valence electrons. The third kappa shape index (κ3) is 9.53. The molecule has 0 aromatic heterocycles. The summed E-state index contributed by atoms with van der Waals surface area (Å²) in [6.45, 7) is 1.16. The highest BCUT2D eigenvalue weighted by Gasteiger charge is 2.56. The van der Waals surface area contributed by atoms with Gasteiger partial charge >= 0.3 is 29.8 Å². The molecule has 2 aliphatic heterocycles. The lowest BCUT2D eigenvalue weighted by molar-refractivity contribution is -0.323. The van der Waals surface area contributed by atoms with E-state index in [1.54, 1.807) is 54.6 Å². The largest absolute Gasteiger partial charge is 0.463 e. The summed E-state index contributed by atoms with van der Waals surface area (Å²) in [5.74, 6) is -4.00. The molecule has 0 saturated carbocycles. The van der Waals surface area contributed by atoms with Crippen LogP contribution in [0.25, 0.3) is 0 Å². The zero-order valence-corrected chi connectivity index (χ0v) is 27.5. The highest BCUT2D eigenvalue weighted by atomic mass is 16.8. The maximum Gasteiger partial charge on any atom is 0.338 e. The zero-order valence-electron chi connectivity index (χ0n) is 27.5. The number of carbonyl (C=O) groups excluding carboxylic acids is 5. The van der Waals surface area contributed by atoms with Gasteiger partial charge in [-0.15, -0.1) is 0 Å². The minimum absolute atomic E-state index is 0.115. The SMILES string of the molecule is CC(=O)OC[C@H]1OC(O)[C@H](O)[C@@H](O[C@@H]2O[C@@H](COC(=O)c3ccccc3)[C@H](OC(=O)c3ccccc3)[C@H]2OC(=O)c2ccccc2)[C@H]1OC(C)=O. The van der Waals surface area contributed by atoms with Crippen LogP contribution >= 0.6 is 0 Å². The van der Waals surface area contributed by atoms with Crippen molar-refractivity contribution in [3.8, 4) is 0 Å². The predicted octanol–water partition coefficient (Wildman–Crippen LogP) is 1.98. The van der Waals surface area contributed by atoms with Crippen LogP contribution in [0.5, 0.6) is 0 Å². The van der Waals surface area contributed by atoms with E-state index in [1.165, 1.54) is 36.4 Å². The highest BCUT2D eigenvalue weighted by Crippen LogP contribution is 2.34. The topological polar surface area (TPSA) is 200 Å². The monoisotopic (exact) mass is 708 g/mol. The number of benzene rings is 3. The minimum atomic E-state index is -1.93. The number of aliphatic hydroxyl groups is 2. The molecule has 15 heteroatoms. The number of carbonyl (C=O) groups is 5. The number of rotatable bonds is 12. The van der Waals surface area contributed by atoms with Crippen molar-refractivity contribution in [3.05, 3.63) is 108 Å². The Morgan fingerprint density at radius 1 is 0.549 bits per heavy atom. The molecule has 2 saturated heterocycles. The van der Waals surface area contributed by atoms with Crippen LogP contribution in [0.1, 0.15) is 44.9 Å². The van der Waals surface area contributed by atoms with Crippen molar-refractivity contribution in [2.75, 3.05) is 13.2 Å². The van der Waals surface area contributed by atoms with Gasteiger partial charge in [-0.2, -0.15) is 0 Å². The quantitative estimate of drug-likeness (QED) is 0.204. The van der Waals surface area contributed by atoms with Crippen LogP contribution < -0.4 is 0 Å². The Labute approximate surface area is 291 Å². The van der Waals surface area contributed by atoms with Crippen LogP contribution in [0.15, 0.2) is 91.0 Å². The first-order valence-electron chi connectivity index (χ1n) is 15.9. The molecule has 2 N–H and O–H groups in total. The molecule has 0 bridgehead atoms. The number of hydrogen-bond donors (Lipinski definition) is 2. The molecule has 1 unspecified atom stereocenters. The standard InChI is InChI=1S/C36H36O15/c1-20(37)44-18-25-28(46-21(2)38)30(27(39)35(43)47-25)51-36-31(50-34(42)24-16-10-5-11-17-24)29(49-33(41)23-14-8-4-9-15-23)26(48-36)19-45-32(40)22-12-6-3-7-13-22/h3-17,25-31,35-36,39,43H,18-19H2,1-2H3/t25-,26+,27-,28+,29+,30-,31-,35?,36+/m1/s1. The normalized spacial score (nSPS) is 27.1. The summed E-state index contributed by atoms with van der Waals surface area (Å²) >= 11 is 0. The molecule has 0 spiro atoms. The van der Waals surface area contributed by atoms with E-state index in [-0.39, 0.29) is 16.7 Å². The van der Waals surface area contributed by atoms with E-state index >= 15 is 0 Å². The van der Waals surface area contributed by atoms with E-state index in [1.807, 2.05) is 0 Å². The van der Waals surface area contributed by atoms with Gasteiger partial charge in [-0.3, -0.25) is 9.59 Å². The Kier molecular flexibility index (Phi) is 12.5. The first-order chi connectivity index (χ1) is 24.5. The maximum absolute atomic E-state index is 13.4. The van der Waals surface area contributed by atoms with Gasteiger partial charge in [0, 0.05) is 13.8 Å². The molecular weight excluding hydrogens is 672 g/mol. The number of esters is 5. The van der Waals surface area contributed by atoms with Gasteiger partial charge in [-0.05, 0) is 36.4 Å². The lowest BCUT2D eigenvalue weighted by atomic mass is 9.98. The van der Waals surface area contributed by atoms with Crippen molar-refractivity contribution >= 4 is 29.8 Å². The van der Waals surface area contributed by atoms with Crippen molar-refractivity contribution in [1.29, 1.82) is 0 Å². The Hall–Kier alpha value is -5.19. The molecular formula is C36H36O15.